The molecule has 0 unspecified atom stereocenters. The molecule has 2 aromatic heterocycles. The molecule has 3 heterocycles. The van der Waals surface area contributed by atoms with Crippen LogP contribution in [0.25, 0.3) is 28.2 Å². The Labute approximate surface area is 245 Å². The van der Waals surface area contributed by atoms with E-state index in [-0.39, 0.29) is 11.7 Å². The molecule has 1 aliphatic heterocycles. The molecule has 206 valence electrons. The summed E-state index contributed by atoms with van der Waals surface area (Å²) >= 11 is 7.50. The Bertz CT molecular complexity index is 2020. The van der Waals surface area contributed by atoms with E-state index < -0.39 is 12.0 Å². The van der Waals surface area contributed by atoms with Crippen molar-refractivity contribution in [3.05, 3.63) is 125 Å². The lowest BCUT2D eigenvalue weighted by Gasteiger charge is -2.25. The number of benzene rings is 3. The van der Waals surface area contributed by atoms with Gasteiger partial charge in [-0.25, -0.2) is 9.79 Å². The predicted octanol–water partition coefficient (Wildman–Crippen LogP) is 6.30. The van der Waals surface area contributed by atoms with Gasteiger partial charge in [0.2, 0.25) is 0 Å². The highest BCUT2D eigenvalue weighted by atomic mass is 35.5. The average Bonchev–Trinajstić information content (AvgIpc) is 3.46. The molecule has 3 aromatic carbocycles. The molecule has 6 nitrogen and oxygen atoms in total. The van der Waals surface area contributed by atoms with E-state index in [1.807, 2.05) is 42.5 Å². The average molecular weight is 582 g/mol. The Morgan fingerprint density at radius 2 is 1.78 bits per heavy atom. The third kappa shape index (κ3) is 4.85. The molecule has 0 fully saturated rings. The number of para-hydroxylation sites is 1. The summed E-state index contributed by atoms with van der Waals surface area (Å²) < 4.78 is 7.72. The number of nitrogens with one attached hydrogen (secondary N) is 1. The molecule has 5 aromatic rings. The summed E-state index contributed by atoms with van der Waals surface area (Å²) in [5, 5.41) is 1.59. The van der Waals surface area contributed by atoms with Crippen LogP contribution in [0.5, 0.6) is 0 Å². The molecule has 41 heavy (non-hydrogen) atoms. The number of aryl methyl sites for hydroxylation is 1. The van der Waals surface area contributed by atoms with E-state index in [0.717, 1.165) is 38.9 Å². The molecule has 0 saturated heterocycles. The minimum absolute atomic E-state index is 0.225. The van der Waals surface area contributed by atoms with E-state index >= 15 is 0 Å². The van der Waals surface area contributed by atoms with Gasteiger partial charge in [-0.1, -0.05) is 83.6 Å². The number of nitrogens with zero attached hydrogens (tertiary/aromatic N) is 2. The second-order valence-corrected chi connectivity index (χ2v) is 11.8. The van der Waals surface area contributed by atoms with E-state index in [2.05, 4.69) is 36.2 Å². The number of halogens is 1. The number of carbonyl (C=O) groups is 1. The van der Waals surface area contributed by atoms with Crippen LogP contribution in [-0.4, -0.2) is 21.6 Å². The summed E-state index contributed by atoms with van der Waals surface area (Å²) in [7, 11) is 0. The summed E-state index contributed by atoms with van der Waals surface area (Å²) in [6.45, 7) is 7.45. The fourth-order valence-electron chi connectivity index (χ4n) is 5.32. The summed E-state index contributed by atoms with van der Waals surface area (Å²) in [5.41, 5.74) is 6.42. The predicted molar refractivity (Wildman–Crippen MR) is 165 cm³/mol. The van der Waals surface area contributed by atoms with Crippen LogP contribution in [0.1, 0.15) is 43.5 Å². The monoisotopic (exact) mass is 581 g/mol. The zero-order valence-corrected chi connectivity index (χ0v) is 24.6. The van der Waals surface area contributed by atoms with Gasteiger partial charge in [-0.15, -0.1) is 0 Å². The number of hydrogen-bond acceptors (Lipinski definition) is 5. The van der Waals surface area contributed by atoms with Crippen molar-refractivity contribution >= 4 is 45.9 Å². The largest absolute Gasteiger partial charge is 0.459 e. The first-order valence-electron chi connectivity index (χ1n) is 13.4. The molecule has 0 spiro atoms. The van der Waals surface area contributed by atoms with Gasteiger partial charge in [0.15, 0.2) is 4.80 Å². The highest BCUT2D eigenvalue weighted by Gasteiger charge is 2.33. The highest BCUT2D eigenvalue weighted by molar-refractivity contribution is 7.07. The zero-order valence-electron chi connectivity index (χ0n) is 23.1. The van der Waals surface area contributed by atoms with Gasteiger partial charge in [0, 0.05) is 21.5 Å². The van der Waals surface area contributed by atoms with Gasteiger partial charge >= 0.3 is 5.97 Å². The maximum absolute atomic E-state index is 14.2. The molecule has 6 rings (SSSR count). The first-order chi connectivity index (χ1) is 19.7. The molecule has 1 N–H and O–H groups in total. The van der Waals surface area contributed by atoms with Crippen molar-refractivity contribution in [1.82, 2.24) is 9.55 Å². The number of allylic oxidation sites excluding steroid dienone is 1. The fraction of sp³-hybridized carbons (Fsp3) is 0.182. The number of aromatic nitrogens is 2. The molecule has 0 amide bonds. The number of ether oxygens (including phenoxy) is 1. The molecule has 1 atom stereocenters. The summed E-state index contributed by atoms with van der Waals surface area (Å²) in [6, 6.07) is 22.7. The van der Waals surface area contributed by atoms with Gasteiger partial charge < -0.3 is 9.72 Å². The van der Waals surface area contributed by atoms with Crippen molar-refractivity contribution in [3.63, 3.8) is 0 Å². The Hall–Kier alpha value is -4.20. The number of fused-ring (bicyclic) bond motifs is 2. The normalized spacial score (nSPS) is 15.4. The van der Waals surface area contributed by atoms with Crippen molar-refractivity contribution in [1.29, 1.82) is 0 Å². The standard InChI is InChI=1S/C33H28ClN3O3S/c1-18(2)40-32(39)27-20(4)35-33-37(30(27)22-13-15-23(34)16-14-22)31(38)26(41-33)17-25-24-12-8-9-19(3)28(24)36-29(25)21-10-6-5-7-11-21/h5-18,30,36H,1-4H3/b26-17+/t30-/m1/s1. The van der Waals surface area contributed by atoms with Crippen molar-refractivity contribution in [3.8, 4) is 11.3 Å². The maximum atomic E-state index is 14.2. The van der Waals surface area contributed by atoms with Crippen LogP contribution >= 0.6 is 22.9 Å². The minimum Gasteiger partial charge on any atom is -0.459 e. The Morgan fingerprint density at radius 3 is 2.49 bits per heavy atom. The second-order valence-electron chi connectivity index (χ2n) is 10.4. The third-order valence-corrected chi connectivity index (χ3v) is 8.43. The lowest BCUT2D eigenvalue weighted by molar-refractivity contribution is -0.143. The summed E-state index contributed by atoms with van der Waals surface area (Å²) in [5.74, 6) is -0.492. The van der Waals surface area contributed by atoms with Gasteiger partial charge in [-0.2, -0.15) is 0 Å². The van der Waals surface area contributed by atoms with E-state index in [4.69, 9.17) is 21.3 Å². The summed E-state index contributed by atoms with van der Waals surface area (Å²) in [6.07, 6.45) is 1.62. The number of carbonyl (C=O) groups excluding carboxylic acids is 1. The number of hydrogen-bond donors (Lipinski definition) is 1. The van der Waals surface area contributed by atoms with E-state index in [1.54, 1.807) is 37.5 Å². The number of aromatic amines is 1. The Morgan fingerprint density at radius 1 is 1.05 bits per heavy atom. The molecule has 1 aliphatic rings. The summed E-state index contributed by atoms with van der Waals surface area (Å²) in [4.78, 5) is 36.4. The van der Waals surface area contributed by atoms with E-state index in [9.17, 15) is 9.59 Å². The van der Waals surface area contributed by atoms with Crippen LogP contribution in [0.2, 0.25) is 5.02 Å². The highest BCUT2D eigenvalue weighted by Crippen LogP contribution is 2.34. The van der Waals surface area contributed by atoms with Crippen molar-refractivity contribution < 1.29 is 9.53 Å². The Kier molecular flexibility index (Phi) is 7.01. The molecular weight excluding hydrogens is 554 g/mol. The number of H-pyrrole nitrogens is 1. The number of thiazole rings is 1. The molecule has 0 aliphatic carbocycles. The maximum Gasteiger partial charge on any atom is 0.338 e. The molecule has 0 saturated carbocycles. The van der Waals surface area contributed by atoms with Crippen LogP contribution in [0.3, 0.4) is 0 Å². The minimum atomic E-state index is -0.698. The van der Waals surface area contributed by atoms with Crippen molar-refractivity contribution in [2.45, 2.75) is 39.8 Å². The third-order valence-electron chi connectivity index (χ3n) is 7.19. The van der Waals surface area contributed by atoms with Gasteiger partial charge in [0.1, 0.15) is 0 Å². The topological polar surface area (TPSA) is 76.5 Å². The van der Waals surface area contributed by atoms with Crippen molar-refractivity contribution in [2.75, 3.05) is 0 Å². The zero-order chi connectivity index (χ0) is 28.8. The van der Waals surface area contributed by atoms with Crippen LogP contribution in [0.4, 0.5) is 0 Å². The number of esters is 1. The first-order valence-corrected chi connectivity index (χ1v) is 14.6. The van der Waals surface area contributed by atoms with Crippen LogP contribution in [0.15, 0.2) is 93.9 Å². The van der Waals surface area contributed by atoms with E-state index in [0.29, 0.717) is 25.6 Å². The SMILES string of the molecule is CC1=C(C(=O)OC(C)C)[C@@H](c2ccc(Cl)cc2)n2c(s/c(=C/c3c(-c4ccccc4)[nH]c4c(C)cccc34)c2=O)=N1. The molecule has 0 radical (unpaired) electrons. The molecule has 0 bridgehead atoms. The van der Waals surface area contributed by atoms with Crippen LogP contribution in [0, 0.1) is 6.92 Å². The van der Waals surface area contributed by atoms with Crippen LogP contribution in [-0.2, 0) is 9.53 Å². The smallest absolute Gasteiger partial charge is 0.338 e. The molecule has 8 heteroatoms. The van der Waals surface area contributed by atoms with E-state index in [1.165, 1.54) is 11.3 Å². The Balaban J connectivity index is 1.61. The second kappa shape index (κ2) is 10.7. The van der Waals surface area contributed by atoms with Gasteiger partial charge in [0.05, 0.1) is 33.6 Å². The van der Waals surface area contributed by atoms with Gasteiger partial charge in [-0.05, 0) is 62.6 Å². The first kappa shape index (κ1) is 27.0. The fourth-order valence-corrected chi connectivity index (χ4v) is 6.47. The lowest BCUT2D eigenvalue weighted by Crippen LogP contribution is -2.40. The van der Waals surface area contributed by atoms with Gasteiger partial charge in [0.25, 0.3) is 5.56 Å². The van der Waals surface area contributed by atoms with Crippen molar-refractivity contribution in [2.24, 2.45) is 4.99 Å². The van der Waals surface area contributed by atoms with Crippen LogP contribution < -0.4 is 14.9 Å². The lowest BCUT2D eigenvalue weighted by atomic mass is 9.96. The number of rotatable bonds is 5. The van der Waals surface area contributed by atoms with Gasteiger partial charge in [-0.3, -0.25) is 9.36 Å². The quantitative estimate of drug-likeness (QED) is 0.248. The molecular formula is C33H28ClN3O3S.